The van der Waals surface area contributed by atoms with Gasteiger partial charge in [0.15, 0.2) is 5.82 Å². The SMILES string of the molecule is CCCCCCCCn1cnc(CCl)n1. The van der Waals surface area contributed by atoms with Gasteiger partial charge in [-0.15, -0.1) is 11.6 Å². The highest BCUT2D eigenvalue weighted by Crippen LogP contribution is 2.06. The number of hydrogen-bond donors (Lipinski definition) is 0. The summed E-state index contributed by atoms with van der Waals surface area (Å²) in [6.07, 6.45) is 9.61. The molecule has 1 rings (SSSR count). The molecule has 3 nitrogen and oxygen atoms in total. The van der Waals surface area contributed by atoms with E-state index in [1.165, 1.54) is 38.5 Å². The molecule has 0 unspecified atom stereocenters. The molecule has 0 saturated carbocycles. The van der Waals surface area contributed by atoms with Crippen LogP contribution in [0.1, 0.15) is 51.3 Å². The van der Waals surface area contributed by atoms with Gasteiger partial charge in [-0.05, 0) is 6.42 Å². The summed E-state index contributed by atoms with van der Waals surface area (Å²) in [5.74, 6) is 1.13. The summed E-state index contributed by atoms with van der Waals surface area (Å²) in [6.45, 7) is 3.21. The van der Waals surface area contributed by atoms with Crippen LogP contribution in [0.3, 0.4) is 0 Å². The molecule has 0 spiro atoms. The second-order valence-electron chi connectivity index (χ2n) is 3.83. The molecular weight excluding hydrogens is 210 g/mol. The first-order valence-electron chi connectivity index (χ1n) is 5.81. The highest BCUT2D eigenvalue weighted by molar-refractivity contribution is 6.16. The summed E-state index contributed by atoms with van der Waals surface area (Å²) in [7, 11) is 0. The molecule has 0 aliphatic carbocycles. The second kappa shape index (κ2) is 7.69. The van der Waals surface area contributed by atoms with Crippen molar-refractivity contribution < 1.29 is 0 Å². The number of hydrogen-bond acceptors (Lipinski definition) is 2. The van der Waals surface area contributed by atoms with Crippen LogP contribution in [0.4, 0.5) is 0 Å². The Morgan fingerprint density at radius 2 is 1.93 bits per heavy atom. The van der Waals surface area contributed by atoms with E-state index in [4.69, 9.17) is 11.6 Å². The summed E-state index contributed by atoms with van der Waals surface area (Å²) in [5, 5.41) is 4.24. The van der Waals surface area contributed by atoms with Gasteiger partial charge in [0.05, 0.1) is 5.88 Å². The van der Waals surface area contributed by atoms with Crippen LogP contribution in [0, 0.1) is 0 Å². The molecule has 0 aromatic carbocycles. The summed E-state index contributed by atoms with van der Waals surface area (Å²) < 4.78 is 1.89. The fourth-order valence-corrected chi connectivity index (χ4v) is 1.68. The minimum atomic E-state index is 0.406. The fourth-order valence-electron chi connectivity index (χ4n) is 1.56. The second-order valence-corrected chi connectivity index (χ2v) is 4.09. The van der Waals surface area contributed by atoms with Gasteiger partial charge in [-0.1, -0.05) is 39.0 Å². The average Bonchev–Trinajstić information content (AvgIpc) is 2.71. The lowest BCUT2D eigenvalue weighted by atomic mass is 10.1. The van der Waals surface area contributed by atoms with Crippen molar-refractivity contribution in [1.29, 1.82) is 0 Å². The maximum absolute atomic E-state index is 5.62. The van der Waals surface area contributed by atoms with E-state index in [0.717, 1.165) is 12.4 Å². The molecule has 1 aromatic heterocycles. The van der Waals surface area contributed by atoms with Gasteiger partial charge >= 0.3 is 0 Å². The molecule has 4 heteroatoms. The predicted molar refractivity (Wildman–Crippen MR) is 63.0 cm³/mol. The summed E-state index contributed by atoms with van der Waals surface area (Å²) in [4.78, 5) is 4.08. The van der Waals surface area contributed by atoms with Gasteiger partial charge in [0, 0.05) is 6.54 Å². The number of halogens is 1. The summed E-state index contributed by atoms with van der Waals surface area (Å²) in [5.41, 5.74) is 0. The fraction of sp³-hybridized carbons (Fsp3) is 0.818. The molecule has 0 saturated heterocycles. The zero-order valence-corrected chi connectivity index (χ0v) is 10.2. The van der Waals surface area contributed by atoms with Crippen LogP contribution in [-0.2, 0) is 12.4 Å². The van der Waals surface area contributed by atoms with E-state index < -0.39 is 0 Å². The van der Waals surface area contributed by atoms with Gasteiger partial charge in [0.25, 0.3) is 0 Å². The van der Waals surface area contributed by atoms with Crippen LogP contribution in [0.5, 0.6) is 0 Å². The zero-order valence-electron chi connectivity index (χ0n) is 9.45. The molecular formula is C11H20ClN3. The monoisotopic (exact) mass is 229 g/mol. The predicted octanol–water partition coefficient (Wildman–Crippen LogP) is 3.38. The molecule has 86 valence electrons. The lowest BCUT2D eigenvalue weighted by molar-refractivity contribution is 0.525. The van der Waals surface area contributed by atoms with Crippen LogP contribution in [0.2, 0.25) is 0 Å². The molecule has 0 radical (unpaired) electrons. The lowest BCUT2D eigenvalue weighted by Crippen LogP contribution is -1.99. The van der Waals surface area contributed by atoms with E-state index >= 15 is 0 Å². The highest BCUT2D eigenvalue weighted by atomic mass is 35.5. The Bertz CT molecular complexity index is 260. The number of alkyl halides is 1. The summed E-state index contributed by atoms with van der Waals surface area (Å²) >= 11 is 5.62. The number of nitrogens with zero attached hydrogens (tertiary/aromatic N) is 3. The summed E-state index contributed by atoms with van der Waals surface area (Å²) in [6, 6.07) is 0. The molecule has 0 aliphatic heterocycles. The van der Waals surface area contributed by atoms with Crippen molar-refractivity contribution in [1.82, 2.24) is 14.8 Å². The van der Waals surface area contributed by atoms with Gasteiger partial charge in [-0.2, -0.15) is 5.10 Å². The van der Waals surface area contributed by atoms with E-state index in [2.05, 4.69) is 17.0 Å². The van der Waals surface area contributed by atoms with Crippen LogP contribution in [0.25, 0.3) is 0 Å². The van der Waals surface area contributed by atoms with Crippen LogP contribution < -0.4 is 0 Å². The Labute approximate surface area is 96.8 Å². The third kappa shape index (κ3) is 5.17. The topological polar surface area (TPSA) is 30.7 Å². The molecule has 0 N–H and O–H groups in total. The average molecular weight is 230 g/mol. The minimum Gasteiger partial charge on any atom is -0.253 e. The largest absolute Gasteiger partial charge is 0.253 e. The van der Waals surface area contributed by atoms with Crippen LogP contribution >= 0.6 is 11.6 Å². The van der Waals surface area contributed by atoms with Crippen molar-refractivity contribution in [2.75, 3.05) is 0 Å². The van der Waals surface area contributed by atoms with Crippen molar-refractivity contribution in [3.63, 3.8) is 0 Å². The number of rotatable bonds is 8. The molecule has 15 heavy (non-hydrogen) atoms. The van der Waals surface area contributed by atoms with Crippen molar-refractivity contribution >= 4 is 11.6 Å². The Hall–Kier alpha value is -0.570. The Morgan fingerprint density at radius 1 is 1.20 bits per heavy atom. The molecule has 0 aliphatic rings. The molecule has 0 amide bonds. The quantitative estimate of drug-likeness (QED) is 0.506. The first kappa shape index (κ1) is 12.5. The van der Waals surface area contributed by atoms with E-state index in [9.17, 15) is 0 Å². The first-order chi connectivity index (χ1) is 7.36. The Morgan fingerprint density at radius 3 is 2.60 bits per heavy atom. The third-order valence-electron chi connectivity index (χ3n) is 2.44. The Balaban J connectivity index is 2.04. The minimum absolute atomic E-state index is 0.406. The van der Waals surface area contributed by atoms with Crippen molar-refractivity contribution in [3.8, 4) is 0 Å². The van der Waals surface area contributed by atoms with Gasteiger partial charge in [-0.25, -0.2) is 4.98 Å². The van der Waals surface area contributed by atoms with Gasteiger partial charge in [0.1, 0.15) is 6.33 Å². The standard InChI is InChI=1S/C11H20ClN3/c1-2-3-4-5-6-7-8-15-10-13-11(9-12)14-15/h10H,2-9H2,1H3. The van der Waals surface area contributed by atoms with Gasteiger partial charge in [0.2, 0.25) is 0 Å². The third-order valence-corrected chi connectivity index (χ3v) is 2.68. The maximum atomic E-state index is 5.62. The Kier molecular flexibility index (Phi) is 6.41. The van der Waals surface area contributed by atoms with Crippen LogP contribution in [-0.4, -0.2) is 14.8 Å². The number of aryl methyl sites for hydroxylation is 1. The van der Waals surface area contributed by atoms with Crippen LogP contribution in [0.15, 0.2) is 6.33 Å². The molecule has 1 heterocycles. The van der Waals surface area contributed by atoms with Crippen molar-refractivity contribution in [3.05, 3.63) is 12.2 Å². The highest BCUT2D eigenvalue weighted by Gasteiger charge is 1.98. The normalized spacial score (nSPS) is 10.8. The van der Waals surface area contributed by atoms with E-state index in [0.29, 0.717) is 5.88 Å². The van der Waals surface area contributed by atoms with Gasteiger partial charge in [-0.3, -0.25) is 4.68 Å². The zero-order chi connectivity index (χ0) is 10.9. The number of unbranched alkanes of at least 4 members (excludes halogenated alkanes) is 5. The molecule has 0 fully saturated rings. The molecule has 0 bridgehead atoms. The smallest absolute Gasteiger partial charge is 0.165 e. The molecule has 0 atom stereocenters. The lowest BCUT2D eigenvalue weighted by Gasteiger charge is -2.00. The van der Waals surface area contributed by atoms with E-state index in [1.807, 2.05) is 4.68 Å². The van der Waals surface area contributed by atoms with Crippen molar-refractivity contribution in [2.45, 2.75) is 57.9 Å². The number of aromatic nitrogens is 3. The molecule has 1 aromatic rings. The van der Waals surface area contributed by atoms with Crippen molar-refractivity contribution in [2.24, 2.45) is 0 Å². The van der Waals surface area contributed by atoms with E-state index in [-0.39, 0.29) is 0 Å². The first-order valence-corrected chi connectivity index (χ1v) is 6.34. The maximum Gasteiger partial charge on any atom is 0.165 e. The van der Waals surface area contributed by atoms with E-state index in [1.54, 1.807) is 6.33 Å². The van der Waals surface area contributed by atoms with Gasteiger partial charge < -0.3 is 0 Å².